The van der Waals surface area contributed by atoms with Crippen molar-refractivity contribution in [3.05, 3.63) is 48.2 Å². The lowest BCUT2D eigenvalue weighted by molar-refractivity contribution is 0.266. The third-order valence-electron chi connectivity index (χ3n) is 4.09. The van der Waals surface area contributed by atoms with Crippen LogP contribution in [0.25, 0.3) is 0 Å². The van der Waals surface area contributed by atoms with Gasteiger partial charge < -0.3 is 10.0 Å². The Morgan fingerprint density at radius 1 is 1.24 bits per heavy atom. The molecule has 1 aromatic carbocycles. The van der Waals surface area contributed by atoms with E-state index in [9.17, 15) is 22.3 Å². The second-order valence-corrected chi connectivity index (χ2v) is 7.44. The van der Waals surface area contributed by atoms with Crippen LogP contribution in [0.15, 0.2) is 41.4 Å². The van der Waals surface area contributed by atoms with Crippen LogP contribution in [0.5, 0.6) is 0 Å². The molecule has 1 fully saturated rings. The Bertz CT molecular complexity index is 859. The average Bonchev–Trinajstić information content (AvgIpc) is 3.07. The van der Waals surface area contributed by atoms with Gasteiger partial charge in [0, 0.05) is 18.8 Å². The van der Waals surface area contributed by atoms with E-state index in [1.807, 2.05) is 4.90 Å². The number of hydrogen-bond acceptors (Lipinski definition) is 5. The van der Waals surface area contributed by atoms with Gasteiger partial charge in [-0.2, -0.15) is 0 Å². The van der Waals surface area contributed by atoms with Gasteiger partial charge in [0.15, 0.2) is 11.6 Å². The van der Waals surface area contributed by atoms with Gasteiger partial charge in [0.2, 0.25) is 0 Å². The summed E-state index contributed by atoms with van der Waals surface area (Å²) in [5, 5.41) is 9.35. The molecule has 9 heteroatoms. The molecule has 2 N–H and O–H groups in total. The second kappa shape index (κ2) is 6.93. The van der Waals surface area contributed by atoms with E-state index in [1.54, 1.807) is 6.07 Å². The predicted molar refractivity (Wildman–Crippen MR) is 88.9 cm³/mol. The molecule has 1 aromatic heterocycles. The quantitative estimate of drug-likeness (QED) is 0.844. The number of sulfonamides is 1. The zero-order valence-corrected chi connectivity index (χ0v) is 14.0. The Kier molecular flexibility index (Phi) is 4.87. The summed E-state index contributed by atoms with van der Waals surface area (Å²) in [4.78, 5) is 5.99. The molecule has 2 heterocycles. The maximum atomic E-state index is 13.2. The molecular weight excluding hydrogens is 352 g/mol. The molecule has 0 radical (unpaired) electrons. The minimum absolute atomic E-state index is 0.0133. The van der Waals surface area contributed by atoms with Gasteiger partial charge in [0.1, 0.15) is 10.7 Å². The molecule has 134 valence electrons. The van der Waals surface area contributed by atoms with Crippen LogP contribution in [-0.4, -0.2) is 37.7 Å². The first kappa shape index (κ1) is 17.6. The van der Waals surface area contributed by atoms with E-state index in [4.69, 9.17) is 0 Å². The summed E-state index contributed by atoms with van der Waals surface area (Å²) < 4.78 is 53.0. The maximum absolute atomic E-state index is 13.2. The molecule has 25 heavy (non-hydrogen) atoms. The Labute approximate surface area is 144 Å². The third kappa shape index (κ3) is 3.72. The van der Waals surface area contributed by atoms with E-state index >= 15 is 0 Å². The van der Waals surface area contributed by atoms with Crippen LogP contribution < -0.4 is 9.62 Å². The molecule has 1 aliphatic heterocycles. The van der Waals surface area contributed by atoms with E-state index in [2.05, 4.69) is 9.71 Å². The first-order valence-corrected chi connectivity index (χ1v) is 9.20. The van der Waals surface area contributed by atoms with Crippen molar-refractivity contribution >= 4 is 21.5 Å². The summed E-state index contributed by atoms with van der Waals surface area (Å²) in [6.45, 7) is 0.761. The zero-order valence-electron chi connectivity index (χ0n) is 13.2. The van der Waals surface area contributed by atoms with Gasteiger partial charge in [-0.15, -0.1) is 0 Å². The SMILES string of the molecule is O=S(=O)(Nc1ccc(F)c(F)c1)c1ccc(N2CCCC2CO)nc1. The summed E-state index contributed by atoms with van der Waals surface area (Å²) in [7, 11) is -3.97. The molecule has 0 aliphatic carbocycles. The highest BCUT2D eigenvalue weighted by Gasteiger charge is 2.25. The largest absolute Gasteiger partial charge is 0.394 e. The first-order valence-electron chi connectivity index (χ1n) is 7.72. The van der Waals surface area contributed by atoms with Crippen molar-refractivity contribution < 1.29 is 22.3 Å². The molecule has 1 saturated heterocycles. The lowest BCUT2D eigenvalue weighted by Crippen LogP contribution is -2.32. The van der Waals surface area contributed by atoms with E-state index in [0.717, 1.165) is 37.6 Å². The smallest absolute Gasteiger partial charge is 0.263 e. The minimum atomic E-state index is -3.97. The Balaban J connectivity index is 1.79. The fourth-order valence-electron chi connectivity index (χ4n) is 2.80. The van der Waals surface area contributed by atoms with Crippen LogP contribution in [0.2, 0.25) is 0 Å². The van der Waals surface area contributed by atoms with Crippen LogP contribution in [0.1, 0.15) is 12.8 Å². The number of rotatable bonds is 5. The lowest BCUT2D eigenvalue weighted by Gasteiger charge is -2.24. The molecule has 6 nitrogen and oxygen atoms in total. The standard InChI is InChI=1S/C16H17F2N3O3S/c17-14-5-3-11(8-15(14)18)20-25(23,24)13-4-6-16(19-9-13)21-7-1-2-12(21)10-22/h3-6,8-9,12,20,22H,1-2,7,10H2. The summed E-state index contributed by atoms with van der Waals surface area (Å²) in [5.41, 5.74) is -0.0807. The number of anilines is 2. The Morgan fingerprint density at radius 3 is 2.68 bits per heavy atom. The summed E-state index contributed by atoms with van der Waals surface area (Å²) in [6, 6.07) is 5.68. The maximum Gasteiger partial charge on any atom is 0.263 e. The number of nitrogens with zero attached hydrogens (tertiary/aromatic N) is 2. The van der Waals surface area contributed by atoms with Crippen molar-refractivity contribution in [3.63, 3.8) is 0 Å². The number of aliphatic hydroxyl groups is 1. The number of halogens is 2. The van der Waals surface area contributed by atoms with Crippen LogP contribution in [0.4, 0.5) is 20.3 Å². The van der Waals surface area contributed by atoms with E-state index in [-0.39, 0.29) is 23.2 Å². The monoisotopic (exact) mass is 369 g/mol. The first-order chi connectivity index (χ1) is 11.9. The summed E-state index contributed by atoms with van der Waals surface area (Å²) in [5.74, 6) is -1.61. The Hall–Kier alpha value is -2.26. The highest BCUT2D eigenvalue weighted by molar-refractivity contribution is 7.92. The van der Waals surface area contributed by atoms with Gasteiger partial charge in [-0.3, -0.25) is 4.72 Å². The van der Waals surface area contributed by atoms with Gasteiger partial charge in [-0.1, -0.05) is 0 Å². The molecule has 3 rings (SSSR count). The van der Waals surface area contributed by atoms with Gasteiger partial charge in [0.25, 0.3) is 10.0 Å². The van der Waals surface area contributed by atoms with E-state index in [1.165, 1.54) is 12.3 Å². The topological polar surface area (TPSA) is 82.5 Å². The highest BCUT2D eigenvalue weighted by atomic mass is 32.2. The lowest BCUT2D eigenvalue weighted by atomic mass is 10.2. The predicted octanol–water partition coefficient (Wildman–Crippen LogP) is 2.12. The van der Waals surface area contributed by atoms with Crippen LogP contribution >= 0.6 is 0 Å². The third-order valence-corrected chi connectivity index (χ3v) is 5.45. The van der Waals surface area contributed by atoms with Gasteiger partial charge in [0.05, 0.1) is 18.3 Å². The van der Waals surface area contributed by atoms with Crippen LogP contribution in [-0.2, 0) is 10.0 Å². The number of aliphatic hydroxyl groups excluding tert-OH is 1. The number of aromatic nitrogens is 1. The minimum Gasteiger partial charge on any atom is -0.394 e. The molecule has 0 amide bonds. The molecule has 1 aliphatic rings. The average molecular weight is 369 g/mol. The number of pyridine rings is 1. The van der Waals surface area contributed by atoms with E-state index in [0.29, 0.717) is 5.82 Å². The van der Waals surface area contributed by atoms with Gasteiger partial charge in [-0.05, 0) is 37.1 Å². The van der Waals surface area contributed by atoms with Crippen LogP contribution in [0.3, 0.4) is 0 Å². The molecule has 1 unspecified atom stereocenters. The molecule has 0 saturated carbocycles. The van der Waals surface area contributed by atoms with Crippen molar-refractivity contribution in [2.24, 2.45) is 0 Å². The Morgan fingerprint density at radius 2 is 2.04 bits per heavy atom. The van der Waals surface area contributed by atoms with Crippen molar-refractivity contribution in [1.82, 2.24) is 4.98 Å². The molecule has 0 spiro atoms. The number of benzene rings is 1. The molecule has 2 aromatic rings. The molecular formula is C16H17F2N3O3S. The van der Waals surface area contributed by atoms with Crippen LogP contribution in [0, 0.1) is 11.6 Å². The molecule has 0 bridgehead atoms. The van der Waals surface area contributed by atoms with Gasteiger partial charge >= 0.3 is 0 Å². The fourth-order valence-corrected chi connectivity index (χ4v) is 3.80. The van der Waals surface area contributed by atoms with Crippen molar-refractivity contribution in [2.75, 3.05) is 22.8 Å². The number of nitrogens with one attached hydrogen (secondary N) is 1. The summed E-state index contributed by atoms with van der Waals surface area (Å²) >= 11 is 0. The zero-order chi connectivity index (χ0) is 18.0. The molecule has 1 atom stereocenters. The van der Waals surface area contributed by atoms with E-state index < -0.39 is 21.7 Å². The normalized spacial score (nSPS) is 17.7. The van der Waals surface area contributed by atoms with Crippen molar-refractivity contribution in [2.45, 2.75) is 23.8 Å². The fraction of sp³-hybridized carbons (Fsp3) is 0.312. The second-order valence-electron chi connectivity index (χ2n) is 5.76. The van der Waals surface area contributed by atoms with Crippen molar-refractivity contribution in [3.8, 4) is 0 Å². The van der Waals surface area contributed by atoms with Crippen molar-refractivity contribution in [1.29, 1.82) is 0 Å². The number of hydrogen-bond donors (Lipinski definition) is 2. The highest BCUT2D eigenvalue weighted by Crippen LogP contribution is 2.25. The summed E-state index contributed by atoms with van der Waals surface area (Å²) in [6.07, 6.45) is 2.99. The van der Waals surface area contributed by atoms with Gasteiger partial charge in [-0.25, -0.2) is 22.2 Å².